The summed E-state index contributed by atoms with van der Waals surface area (Å²) in [6, 6.07) is 0. The maximum absolute atomic E-state index is 13.9. The van der Waals surface area contributed by atoms with Crippen molar-refractivity contribution in [2.24, 2.45) is 17.3 Å². The highest BCUT2D eigenvalue weighted by Gasteiger charge is 2.69. The van der Waals surface area contributed by atoms with Gasteiger partial charge in [0, 0.05) is 18.9 Å². The van der Waals surface area contributed by atoms with E-state index in [2.05, 4.69) is 0 Å². The number of methoxy groups -OCH3 is 1. The van der Waals surface area contributed by atoms with Crippen LogP contribution in [0.25, 0.3) is 0 Å². The van der Waals surface area contributed by atoms with E-state index < -0.39 is 11.2 Å². The number of fused-ring (bicyclic) bond motifs is 1. The molecule has 2 fully saturated rings. The summed E-state index contributed by atoms with van der Waals surface area (Å²) < 4.78 is 28.7. The van der Waals surface area contributed by atoms with Gasteiger partial charge in [-0.05, 0) is 25.0 Å². The van der Waals surface area contributed by atoms with Gasteiger partial charge in [0.15, 0.2) is 18.4 Å². The molecule has 1 saturated carbocycles. The van der Waals surface area contributed by atoms with Gasteiger partial charge in [0.05, 0.1) is 12.0 Å². The van der Waals surface area contributed by atoms with Crippen LogP contribution in [0.3, 0.4) is 0 Å². The van der Waals surface area contributed by atoms with E-state index in [9.17, 15) is 9.18 Å². The Morgan fingerprint density at radius 3 is 3.00 bits per heavy atom. The lowest BCUT2D eigenvalue weighted by molar-refractivity contribution is -0.146. The number of cyclic esters (lactones) is 1. The van der Waals surface area contributed by atoms with Crippen molar-refractivity contribution in [2.45, 2.75) is 12.8 Å². The Hall–Kier alpha value is -1.36. The maximum atomic E-state index is 13.9. The molecule has 1 aliphatic heterocycles. The zero-order chi connectivity index (χ0) is 12.8. The summed E-state index contributed by atoms with van der Waals surface area (Å²) in [7, 11) is 1.48. The first kappa shape index (κ1) is 11.7. The molecule has 0 aromatic heterocycles. The number of rotatable bonds is 4. The number of esters is 1. The summed E-state index contributed by atoms with van der Waals surface area (Å²) in [5.74, 6) is -0.214. The van der Waals surface area contributed by atoms with Crippen molar-refractivity contribution in [1.82, 2.24) is 0 Å². The monoisotopic (exact) mass is 254 g/mol. The summed E-state index contributed by atoms with van der Waals surface area (Å²) in [4.78, 5) is 11.8. The fourth-order valence-electron chi connectivity index (χ4n) is 2.99. The molecule has 0 amide bonds. The molecule has 0 spiro atoms. The van der Waals surface area contributed by atoms with Crippen molar-refractivity contribution in [3.63, 3.8) is 0 Å². The first-order valence-electron chi connectivity index (χ1n) is 6.05. The second-order valence-electron chi connectivity index (χ2n) is 5.02. The van der Waals surface area contributed by atoms with Crippen LogP contribution in [0.1, 0.15) is 12.8 Å². The van der Waals surface area contributed by atoms with Gasteiger partial charge in [-0.3, -0.25) is 4.79 Å². The second kappa shape index (κ2) is 4.09. The van der Waals surface area contributed by atoms with E-state index in [4.69, 9.17) is 14.2 Å². The van der Waals surface area contributed by atoms with E-state index in [-0.39, 0.29) is 30.4 Å². The van der Waals surface area contributed by atoms with Gasteiger partial charge in [-0.2, -0.15) is 0 Å². The van der Waals surface area contributed by atoms with Gasteiger partial charge in [-0.15, -0.1) is 0 Å². The molecule has 0 aromatic rings. The predicted octanol–water partition coefficient (Wildman–Crippen LogP) is 1.93. The zero-order valence-corrected chi connectivity index (χ0v) is 10.1. The zero-order valence-electron chi connectivity index (χ0n) is 10.1. The van der Waals surface area contributed by atoms with Crippen LogP contribution >= 0.6 is 0 Å². The van der Waals surface area contributed by atoms with E-state index in [0.717, 1.165) is 6.42 Å². The number of hydrogen-bond donors (Lipinski definition) is 0. The van der Waals surface area contributed by atoms with Gasteiger partial charge in [0.2, 0.25) is 0 Å². The number of carbonyl (C=O) groups excluding carboxylic acids is 1. The smallest absolute Gasteiger partial charge is 0.313 e. The molecule has 3 rings (SSSR count). The Morgan fingerprint density at radius 2 is 2.44 bits per heavy atom. The minimum Gasteiger partial charge on any atom is -0.465 e. The van der Waals surface area contributed by atoms with E-state index in [0.29, 0.717) is 13.0 Å². The SMILES string of the molecule is COCOC1=CCC([C@]23C[C@H]2COC3=O)C=C1F. The highest BCUT2D eigenvalue weighted by atomic mass is 19.1. The molecule has 1 unspecified atom stereocenters. The highest BCUT2D eigenvalue weighted by Crippen LogP contribution is 2.64. The molecule has 2 aliphatic carbocycles. The molecule has 1 heterocycles. The van der Waals surface area contributed by atoms with Gasteiger partial charge in [-0.25, -0.2) is 4.39 Å². The molecule has 5 heteroatoms. The van der Waals surface area contributed by atoms with Crippen LogP contribution in [-0.2, 0) is 19.0 Å². The third-order valence-corrected chi connectivity index (χ3v) is 4.08. The first-order valence-corrected chi connectivity index (χ1v) is 6.05. The number of halogens is 1. The summed E-state index contributed by atoms with van der Waals surface area (Å²) in [5.41, 5.74) is -0.458. The molecule has 1 saturated heterocycles. The van der Waals surface area contributed by atoms with E-state index in [1.54, 1.807) is 6.08 Å². The van der Waals surface area contributed by atoms with Crippen LogP contribution in [-0.4, -0.2) is 26.5 Å². The summed E-state index contributed by atoms with van der Waals surface area (Å²) in [6.07, 6.45) is 4.62. The van der Waals surface area contributed by atoms with Gasteiger partial charge >= 0.3 is 5.97 Å². The van der Waals surface area contributed by atoms with E-state index in [1.165, 1.54) is 13.2 Å². The number of ether oxygens (including phenoxy) is 3. The average Bonchev–Trinajstić information content (AvgIpc) is 3.02. The van der Waals surface area contributed by atoms with Crippen LogP contribution < -0.4 is 0 Å². The largest absolute Gasteiger partial charge is 0.465 e. The lowest BCUT2D eigenvalue weighted by Crippen LogP contribution is -2.25. The van der Waals surface area contributed by atoms with Gasteiger partial charge in [0.1, 0.15) is 0 Å². The van der Waals surface area contributed by atoms with Crippen molar-refractivity contribution in [1.29, 1.82) is 0 Å². The van der Waals surface area contributed by atoms with Crippen molar-refractivity contribution in [3.8, 4) is 0 Å². The number of allylic oxidation sites excluding steroid dienone is 3. The van der Waals surface area contributed by atoms with Crippen molar-refractivity contribution >= 4 is 5.97 Å². The molecule has 0 aromatic carbocycles. The van der Waals surface area contributed by atoms with Crippen LogP contribution in [0.2, 0.25) is 0 Å². The molecule has 3 aliphatic rings. The Bertz CT molecular complexity index is 442. The molecule has 0 N–H and O–H groups in total. The molecule has 4 nitrogen and oxygen atoms in total. The molecular formula is C13H15FO4. The predicted molar refractivity (Wildman–Crippen MR) is 59.8 cm³/mol. The summed E-state index contributed by atoms with van der Waals surface area (Å²) >= 11 is 0. The number of carbonyl (C=O) groups is 1. The van der Waals surface area contributed by atoms with Crippen LogP contribution in [0.4, 0.5) is 4.39 Å². The standard InChI is InChI=1S/C13H15FO4/c1-16-7-18-11-3-2-8(4-10(11)14)13-5-9(13)6-17-12(13)15/h3-4,8-9H,2,5-7H2,1H3/t8?,9-,13+/m0/s1. The topological polar surface area (TPSA) is 44.8 Å². The minimum atomic E-state index is -0.458. The molecule has 0 radical (unpaired) electrons. The van der Waals surface area contributed by atoms with E-state index in [1.807, 2.05) is 0 Å². The minimum absolute atomic E-state index is 0.0214. The Balaban J connectivity index is 1.72. The molecule has 0 bridgehead atoms. The lowest BCUT2D eigenvalue weighted by Gasteiger charge is -2.22. The maximum Gasteiger partial charge on any atom is 0.313 e. The lowest BCUT2D eigenvalue weighted by atomic mass is 9.82. The molecular weight excluding hydrogens is 239 g/mol. The van der Waals surface area contributed by atoms with Crippen LogP contribution in [0, 0.1) is 17.3 Å². The summed E-state index contributed by atoms with van der Waals surface area (Å²) in [5, 5.41) is 0. The average molecular weight is 254 g/mol. The number of hydrogen-bond acceptors (Lipinski definition) is 4. The molecule has 18 heavy (non-hydrogen) atoms. The van der Waals surface area contributed by atoms with Crippen molar-refractivity contribution < 1.29 is 23.4 Å². The second-order valence-corrected chi connectivity index (χ2v) is 5.02. The third kappa shape index (κ3) is 1.57. The Labute approximate surface area is 104 Å². The van der Waals surface area contributed by atoms with Gasteiger partial charge in [0.25, 0.3) is 0 Å². The Kier molecular flexibility index (Phi) is 2.66. The highest BCUT2D eigenvalue weighted by molar-refractivity contribution is 5.84. The van der Waals surface area contributed by atoms with Crippen LogP contribution in [0.5, 0.6) is 0 Å². The van der Waals surface area contributed by atoms with Gasteiger partial charge in [-0.1, -0.05) is 0 Å². The fourth-order valence-corrected chi connectivity index (χ4v) is 2.99. The third-order valence-electron chi connectivity index (χ3n) is 4.08. The Morgan fingerprint density at radius 1 is 1.61 bits per heavy atom. The fraction of sp³-hybridized carbons (Fsp3) is 0.615. The van der Waals surface area contributed by atoms with Crippen molar-refractivity contribution in [2.75, 3.05) is 20.5 Å². The van der Waals surface area contributed by atoms with Crippen LogP contribution in [0.15, 0.2) is 23.7 Å². The molecule has 98 valence electrons. The summed E-state index contributed by atoms with van der Waals surface area (Å²) in [6.45, 7) is 0.509. The quantitative estimate of drug-likeness (QED) is 0.568. The first-order chi connectivity index (χ1) is 8.68. The van der Waals surface area contributed by atoms with Gasteiger partial charge < -0.3 is 14.2 Å². The van der Waals surface area contributed by atoms with E-state index >= 15 is 0 Å². The normalized spacial score (nSPS) is 37.6. The molecule has 3 atom stereocenters. The van der Waals surface area contributed by atoms with Crippen molar-refractivity contribution in [3.05, 3.63) is 23.7 Å².